The lowest BCUT2D eigenvalue weighted by atomic mass is 9.84. The summed E-state index contributed by atoms with van der Waals surface area (Å²) in [7, 11) is 4.15. The third-order valence-electron chi connectivity index (χ3n) is 4.37. The highest BCUT2D eigenvalue weighted by Gasteiger charge is 2.39. The summed E-state index contributed by atoms with van der Waals surface area (Å²) < 4.78 is 21.0. The van der Waals surface area contributed by atoms with Gasteiger partial charge in [0.25, 0.3) is 0 Å². The molecule has 0 saturated heterocycles. The zero-order valence-electron chi connectivity index (χ0n) is 13.9. The predicted molar refractivity (Wildman–Crippen MR) is 82.2 cm³/mol. The average molecular weight is 324 g/mol. The number of ether oxygens (including phenoxy) is 4. The molecule has 0 aromatic heterocycles. The Hall–Kier alpha value is -1.82. The first-order chi connectivity index (χ1) is 11.1. The summed E-state index contributed by atoms with van der Waals surface area (Å²) in [6.07, 6.45) is 6.24. The van der Waals surface area contributed by atoms with Gasteiger partial charge in [0.15, 0.2) is 0 Å². The van der Waals surface area contributed by atoms with E-state index < -0.39 is 18.2 Å². The van der Waals surface area contributed by atoms with E-state index in [9.17, 15) is 9.59 Å². The van der Waals surface area contributed by atoms with Crippen molar-refractivity contribution in [3.8, 4) is 0 Å². The smallest absolute Gasteiger partial charge is 0.338 e. The second kappa shape index (κ2) is 8.15. The molecule has 2 bridgehead atoms. The zero-order chi connectivity index (χ0) is 16.8. The second-order valence-electron chi connectivity index (χ2n) is 5.71. The minimum absolute atomic E-state index is 0.269. The van der Waals surface area contributed by atoms with Crippen LogP contribution >= 0.6 is 0 Å². The molecule has 0 unspecified atom stereocenters. The van der Waals surface area contributed by atoms with Gasteiger partial charge in [0.1, 0.15) is 0 Å². The molecule has 0 saturated carbocycles. The highest BCUT2D eigenvalue weighted by atomic mass is 16.7. The Labute approximate surface area is 136 Å². The minimum Gasteiger partial charge on any atom is -0.472 e. The predicted octanol–water partition coefficient (Wildman–Crippen LogP) is 2.49. The molecular weight excluding hydrogens is 300 g/mol. The van der Waals surface area contributed by atoms with Gasteiger partial charge >= 0.3 is 11.9 Å². The van der Waals surface area contributed by atoms with Crippen molar-refractivity contribution in [3.63, 3.8) is 0 Å². The molecule has 0 amide bonds. The summed E-state index contributed by atoms with van der Waals surface area (Å²) in [5.41, 5.74) is 1.24. The summed E-state index contributed by atoms with van der Waals surface area (Å²) >= 11 is 0. The van der Waals surface area contributed by atoms with Crippen LogP contribution in [0.15, 0.2) is 23.0 Å². The maximum absolute atomic E-state index is 12.4. The molecule has 0 N–H and O–H groups in total. The topological polar surface area (TPSA) is 71.1 Å². The van der Waals surface area contributed by atoms with Gasteiger partial charge in [-0.05, 0) is 19.3 Å². The van der Waals surface area contributed by atoms with E-state index in [1.54, 1.807) is 0 Å². The molecule has 0 aromatic rings. The van der Waals surface area contributed by atoms with E-state index in [4.69, 9.17) is 18.9 Å². The summed E-state index contributed by atoms with van der Waals surface area (Å²) in [5, 5.41) is 0. The van der Waals surface area contributed by atoms with Crippen molar-refractivity contribution in [2.24, 2.45) is 5.92 Å². The first-order valence-corrected chi connectivity index (χ1v) is 7.92. The molecule has 6 heteroatoms. The fourth-order valence-electron chi connectivity index (χ4n) is 3.22. The molecule has 1 aliphatic carbocycles. The maximum Gasteiger partial charge on any atom is 0.338 e. The van der Waals surface area contributed by atoms with Gasteiger partial charge in [-0.15, -0.1) is 0 Å². The molecule has 2 rings (SSSR count). The van der Waals surface area contributed by atoms with Crippen LogP contribution in [0.3, 0.4) is 0 Å². The van der Waals surface area contributed by atoms with Gasteiger partial charge in [-0.25, -0.2) is 9.59 Å². The minimum atomic E-state index is -0.626. The van der Waals surface area contributed by atoms with Crippen molar-refractivity contribution in [1.29, 1.82) is 0 Å². The van der Waals surface area contributed by atoms with Crippen molar-refractivity contribution in [2.45, 2.75) is 44.8 Å². The Kier molecular flexibility index (Phi) is 6.21. The largest absolute Gasteiger partial charge is 0.472 e. The van der Waals surface area contributed by atoms with Crippen LogP contribution < -0.4 is 0 Å². The SMILES string of the molecule is COC(=O)C1=C(C(=O)OC)[C@H]2CCCCCCC1=CO[C@H]2OC. The average Bonchev–Trinajstić information content (AvgIpc) is 2.76. The van der Waals surface area contributed by atoms with E-state index in [-0.39, 0.29) is 11.5 Å². The summed E-state index contributed by atoms with van der Waals surface area (Å²) in [5.74, 6) is -1.44. The van der Waals surface area contributed by atoms with Gasteiger partial charge in [0.05, 0.1) is 37.5 Å². The van der Waals surface area contributed by atoms with Crippen LogP contribution in [0, 0.1) is 5.92 Å². The van der Waals surface area contributed by atoms with Gasteiger partial charge in [0.2, 0.25) is 6.29 Å². The molecule has 0 aromatic carbocycles. The van der Waals surface area contributed by atoms with Crippen LogP contribution in [0.25, 0.3) is 0 Å². The fourth-order valence-corrected chi connectivity index (χ4v) is 3.22. The van der Waals surface area contributed by atoms with Gasteiger partial charge in [-0.1, -0.05) is 19.3 Å². The van der Waals surface area contributed by atoms with Crippen LogP contribution in [-0.4, -0.2) is 39.6 Å². The van der Waals surface area contributed by atoms with Crippen LogP contribution in [0.2, 0.25) is 0 Å². The van der Waals surface area contributed by atoms with E-state index in [0.717, 1.165) is 25.7 Å². The number of esters is 2. The van der Waals surface area contributed by atoms with E-state index >= 15 is 0 Å². The Bertz CT molecular complexity index is 519. The zero-order valence-corrected chi connectivity index (χ0v) is 13.9. The third kappa shape index (κ3) is 3.75. The van der Waals surface area contributed by atoms with Gasteiger partial charge in [-0.2, -0.15) is 0 Å². The first-order valence-electron chi connectivity index (χ1n) is 7.92. The second-order valence-corrected chi connectivity index (χ2v) is 5.71. The molecule has 23 heavy (non-hydrogen) atoms. The molecule has 6 nitrogen and oxygen atoms in total. The fraction of sp³-hybridized carbons (Fsp3) is 0.647. The molecule has 0 fully saturated rings. The molecule has 0 spiro atoms. The maximum atomic E-state index is 12.4. The Morgan fingerprint density at radius 1 is 1.04 bits per heavy atom. The summed E-state index contributed by atoms with van der Waals surface area (Å²) in [6.45, 7) is 0. The van der Waals surface area contributed by atoms with Gasteiger partial charge < -0.3 is 18.9 Å². The van der Waals surface area contributed by atoms with Crippen LogP contribution in [0.4, 0.5) is 0 Å². The quantitative estimate of drug-likeness (QED) is 0.743. The monoisotopic (exact) mass is 324 g/mol. The van der Waals surface area contributed by atoms with Crippen LogP contribution in [0.1, 0.15) is 38.5 Å². The summed E-state index contributed by atoms with van der Waals surface area (Å²) in [6, 6.07) is 0. The lowest BCUT2D eigenvalue weighted by Crippen LogP contribution is -2.31. The van der Waals surface area contributed by atoms with E-state index in [1.165, 1.54) is 27.6 Å². The molecule has 2 atom stereocenters. The normalized spacial score (nSPS) is 25.1. The highest BCUT2D eigenvalue weighted by Crippen LogP contribution is 2.37. The molecule has 128 valence electrons. The van der Waals surface area contributed by atoms with Crippen LogP contribution in [0.5, 0.6) is 0 Å². The first kappa shape index (κ1) is 17.5. The number of rotatable bonds is 3. The van der Waals surface area contributed by atoms with Gasteiger partial charge in [0, 0.05) is 12.7 Å². The van der Waals surface area contributed by atoms with E-state index in [1.807, 2.05) is 0 Å². The van der Waals surface area contributed by atoms with Crippen molar-refractivity contribution in [1.82, 2.24) is 0 Å². The number of methoxy groups -OCH3 is 3. The number of fused-ring (bicyclic) bond motifs is 2. The van der Waals surface area contributed by atoms with Gasteiger partial charge in [-0.3, -0.25) is 0 Å². The number of carbonyl (C=O) groups is 2. The van der Waals surface area contributed by atoms with Crippen LogP contribution in [-0.2, 0) is 28.5 Å². The van der Waals surface area contributed by atoms with Crippen molar-refractivity contribution < 1.29 is 28.5 Å². The number of hydrogen-bond donors (Lipinski definition) is 0. The molecule has 2 aliphatic rings. The van der Waals surface area contributed by atoms with Crippen molar-refractivity contribution in [3.05, 3.63) is 23.0 Å². The lowest BCUT2D eigenvalue weighted by Gasteiger charge is -2.26. The Morgan fingerprint density at radius 3 is 2.39 bits per heavy atom. The Balaban J connectivity index is 2.64. The number of hydrogen-bond acceptors (Lipinski definition) is 6. The standard InChI is InChI=1S/C17H24O6/c1-20-15(18)13-11-8-6-4-5-7-9-12(14(13)16(19)21-2)17(22-3)23-10-11/h10,12,17H,4-9H2,1-3H3/t12-,17-/m1/s1. The lowest BCUT2D eigenvalue weighted by molar-refractivity contribution is -0.143. The summed E-state index contributed by atoms with van der Waals surface area (Å²) in [4.78, 5) is 24.8. The molecule has 0 radical (unpaired) electrons. The number of carbonyl (C=O) groups excluding carboxylic acids is 2. The molecular formula is C17H24O6. The Morgan fingerprint density at radius 2 is 1.74 bits per heavy atom. The van der Waals surface area contributed by atoms with E-state index in [2.05, 4.69) is 0 Å². The molecule has 1 heterocycles. The van der Waals surface area contributed by atoms with Crippen molar-refractivity contribution >= 4 is 11.9 Å². The molecule has 1 aliphatic heterocycles. The third-order valence-corrected chi connectivity index (χ3v) is 4.37. The highest BCUT2D eigenvalue weighted by molar-refractivity contribution is 6.04. The van der Waals surface area contributed by atoms with E-state index in [0.29, 0.717) is 24.0 Å². The van der Waals surface area contributed by atoms with Crippen molar-refractivity contribution in [2.75, 3.05) is 21.3 Å².